The van der Waals surface area contributed by atoms with E-state index in [9.17, 15) is 0 Å². The van der Waals surface area contributed by atoms with Crippen LogP contribution in [0.4, 0.5) is 0 Å². The van der Waals surface area contributed by atoms with Gasteiger partial charge in [-0.2, -0.15) is 0 Å². The van der Waals surface area contributed by atoms with Crippen molar-refractivity contribution in [1.82, 2.24) is 5.32 Å². The van der Waals surface area contributed by atoms with Gasteiger partial charge in [0, 0.05) is 19.0 Å². The number of rotatable bonds is 12. The SMILES string of the molecule is CCC/C(C)=C/C(=C\C=C\CNC1CCC1)OCCc1ccc(-c2ccccc2)c(C)c1. The fourth-order valence-electron chi connectivity index (χ4n) is 4.03. The monoisotopic (exact) mass is 429 g/mol. The zero-order valence-corrected chi connectivity index (χ0v) is 20.1. The van der Waals surface area contributed by atoms with E-state index in [-0.39, 0.29) is 0 Å². The van der Waals surface area contributed by atoms with Crippen molar-refractivity contribution < 1.29 is 4.74 Å². The number of hydrogen-bond donors (Lipinski definition) is 1. The second kappa shape index (κ2) is 13.1. The Hall–Kier alpha value is -2.58. The molecule has 1 aliphatic rings. The fraction of sp³-hybridized carbons (Fsp3) is 0.400. The summed E-state index contributed by atoms with van der Waals surface area (Å²) < 4.78 is 6.19. The van der Waals surface area contributed by atoms with E-state index < -0.39 is 0 Å². The molecule has 0 aliphatic heterocycles. The predicted octanol–water partition coefficient (Wildman–Crippen LogP) is 7.55. The third kappa shape index (κ3) is 7.84. The summed E-state index contributed by atoms with van der Waals surface area (Å²) in [7, 11) is 0. The average Bonchev–Trinajstić information content (AvgIpc) is 2.75. The highest BCUT2D eigenvalue weighted by Crippen LogP contribution is 2.24. The number of hydrogen-bond acceptors (Lipinski definition) is 2. The van der Waals surface area contributed by atoms with Crippen LogP contribution in [0.5, 0.6) is 0 Å². The summed E-state index contributed by atoms with van der Waals surface area (Å²) in [6.45, 7) is 8.21. The van der Waals surface area contributed by atoms with Crippen LogP contribution in [0, 0.1) is 6.92 Å². The number of allylic oxidation sites excluding steroid dienone is 4. The molecule has 2 nitrogen and oxygen atoms in total. The standard InChI is InChI=1S/C30H39NO/c1-4-11-24(2)22-29(16-8-9-20-31-28-14-10-15-28)32-21-19-26-17-18-30(25(3)23-26)27-12-6-5-7-13-27/h5-9,12-13,16-18,22-23,28,31H,4,10-11,14-15,19-21H2,1-3H3/b9-8+,24-22+,29-16+. The molecule has 170 valence electrons. The fourth-order valence-corrected chi connectivity index (χ4v) is 4.03. The minimum atomic E-state index is 0.681. The lowest BCUT2D eigenvalue weighted by Crippen LogP contribution is -2.34. The van der Waals surface area contributed by atoms with Crippen molar-refractivity contribution in [2.75, 3.05) is 13.2 Å². The molecule has 3 rings (SSSR count). The molecule has 0 amide bonds. The van der Waals surface area contributed by atoms with Gasteiger partial charge in [-0.15, -0.1) is 0 Å². The average molecular weight is 430 g/mol. The molecule has 0 unspecified atom stereocenters. The van der Waals surface area contributed by atoms with Crippen LogP contribution in [0.3, 0.4) is 0 Å². The zero-order chi connectivity index (χ0) is 22.6. The Labute approximate surface area is 195 Å². The van der Waals surface area contributed by atoms with Gasteiger partial charge in [0.2, 0.25) is 0 Å². The van der Waals surface area contributed by atoms with Gasteiger partial charge < -0.3 is 10.1 Å². The molecule has 1 aliphatic carbocycles. The maximum Gasteiger partial charge on any atom is 0.119 e. The van der Waals surface area contributed by atoms with Crippen LogP contribution >= 0.6 is 0 Å². The van der Waals surface area contributed by atoms with Crippen LogP contribution in [-0.2, 0) is 11.2 Å². The van der Waals surface area contributed by atoms with Crippen LogP contribution in [0.1, 0.15) is 57.1 Å². The second-order valence-electron chi connectivity index (χ2n) is 8.89. The van der Waals surface area contributed by atoms with Crippen molar-refractivity contribution in [3.05, 3.63) is 95.3 Å². The van der Waals surface area contributed by atoms with Gasteiger partial charge in [0.05, 0.1) is 6.61 Å². The third-order valence-corrected chi connectivity index (χ3v) is 6.09. The van der Waals surface area contributed by atoms with Gasteiger partial charge >= 0.3 is 0 Å². The number of aryl methyl sites for hydroxylation is 1. The van der Waals surface area contributed by atoms with Crippen LogP contribution in [0.25, 0.3) is 11.1 Å². The van der Waals surface area contributed by atoms with Gasteiger partial charge in [-0.1, -0.05) is 86.0 Å². The minimum absolute atomic E-state index is 0.681. The number of nitrogens with one attached hydrogen (secondary N) is 1. The topological polar surface area (TPSA) is 21.3 Å². The Kier molecular flexibility index (Phi) is 9.84. The van der Waals surface area contributed by atoms with Gasteiger partial charge in [-0.3, -0.25) is 0 Å². The van der Waals surface area contributed by atoms with Crippen LogP contribution in [0.2, 0.25) is 0 Å². The molecule has 2 heteroatoms. The van der Waals surface area contributed by atoms with Crippen molar-refractivity contribution in [1.29, 1.82) is 0 Å². The summed E-state index contributed by atoms with van der Waals surface area (Å²) in [5, 5.41) is 3.57. The van der Waals surface area contributed by atoms with Crippen LogP contribution in [-0.4, -0.2) is 19.2 Å². The van der Waals surface area contributed by atoms with Crippen LogP contribution < -0.4 is 5.32 Å². The quantitative estimate of drug-likeness (QED) is 0.278. The van der Waals surface area contributed by atoms with Crippen molar-refractivity contribution in [2.24, 2.45) is 0 Å². The Morgan fingerprint density at radius 2 is 1.94 bits per heavy atom. The lowest BCUT2D eigenvalue weighted by atomic mass is 9.93. The lowest BCUT2D eigenvalue weighted by Gasteiger charge is -2.25. The Morgan fingerprint density at radius 3 is 2.62 bits per heavy atom. The number of benzene rings is 2. The third-order valence-electron chi connectivity index (χ3n) is 6.09. The van der Waals surface area contributed by atoms with Gasteiger partial charge in [-0.25, -0.2) is 0 Å². The Morgan fingerprint density at radius 1 is 1.12 bits per heavy atom. The van der Waals surface area contributed by atoms with Gasteiger partial charge in [0.15, 0.2) is 0 Å². The Bertz CT molecular complexity index is 919. The van der Waals surface area contributed by atoms with Gasteiger partial charge in [-0.05, 0) is 67.5 Å². The van der Waals surface area contributed by atoms with Gasteiger partial charge in [0.1, 0.15) is 5.76 Å². The first-order chi connectivity index (χ1) is 15.7. The molecule has 0 bridgehead atoms. The molecule has 0 radical (unpaired) electrons. The lowest BCUT2D eigenvalue weighted by molar-refractivity contribution is 0.228. The van der Waals surface area contributed by atoms with E-state index in [1.165, 1.54) is 47.1 Å². The van der Waals surface area contributed by atoms with Crippen molar-refractivity contribution in [3.8, 4) is 11.1 Å². The van der Waals surface area contributed by atoms with Crippen molar-refractivity contribution in [3.63, 3.8) is 0 Å². The van der Waals surface area contributed by atoms with Crippen molar-refractivity contribution in [2.45, 2.75) is 65.3 Å². The minimum Gasteiger partial charge on any atom is -0.493 e. The highest BCUT2D eigenvalue weighted by Gasteiger charge is 2.14. The normalized spacial score (nSPS) is 15.2. The van der Waals surface area contributed by atoms with E-state index in [0.29, 0.717) is 6.61 Å². The summed E-state index contributed by atoms with van der Waals surface area (Å²) in [6.07, 6.45) is 15.8. The second-order valence-corrected chi connectivity index (χ2v) is 8.89. The first-order valence-corrected chi connectivity index (χ1v) is 12.2. The number of ether oxygens (including phenoxy) is 1. The molecule has 0 aromatic heterocycles. The molecular formula is C30H39NO. The molecule has 0 atom stereocenters. The van der Waals surface area contributed by atoms with E-state index in [1.54, 1.807) is 0 Å². The summed E-state index contributed by atoms with van der Waals surface area (Å²) in [5.74, 6) is 0.952. The highest BCUT2D eigenvalue weighted by atomic mass is 16.5. The molecule has 1 saturated carbocycles. The first kappa shape index (κ1) is 24.1. The molecule has 1 N–H and O–H groups in total. The summed E-state index contributed by atoms with van der Waals surface area (Å²) in [5.41, 5.74) is 6.56. The van der Waals surface area contributed by atoms with Crippen LogP contribution in [0.15, 0.2) is 84.2 Å². The molecule has 0 heterocycles. The van der Waals surface area contributed by atoms with Gasteiger partial charge in [0.25, 0.3) is 0 Å². The highest BCUT2D eigenvalue weighted by molar-refractivity contribution is 5.67. The van der Waals surface area contributed by atoms with E-state index in [2.05, 4.69) is 98.9 Å². The van der Waals surface area contributed by atoms with E-state index in [0.717, 1.165) is 37.6 Å². The first-order valence-electron chi connectivity index (χ1n) is 12.2. The zero-order valence-electron chi connectivity index (χ0n) is 20.1. The molecule has 1 fully saturated rings. The summed E-state index contributed by atoms with van der Waals surface area (Å²) in [6, 6.07) is 18.1. The molecule has 2 aromatic rings. The van der Waals surface area contributed by atoms with Crippen molar-refractivity contribution >= 4 is 0 Å². The molecule has 0 saturated heterocycles. The molecule has 0 spiro atoms. The summed E-state index contributed by atoms with van der Waals surface area (Å²) >= 11 is 0. The predicted molar refractivity (Wildman–Crippen MR) is 138 cm³/mol. The molecule has 32 heavy (non-hydrogen) atoms. The van der Waals surface area contributed by atoms with E-state index in [1.807, 2.05) is 0 Å². The smallest absolute Gasteiger partial charge is 0.119 e. The molecular weight excluding hydrogens is 390 g/mol. The molecule has 2 aromatic carbocycles. The maximum absolute atomic E-state index is 6.19. The maximum atomic E-state index is 6.19. The summed E-state index contributed by atoms with van der Waals surface area (Å²) in [4.78, 5) is 0. The Balaban J connectivity index is 1.56. The largest absolute Gasteiger partial charge is 0.493 e. The van der Waals surface area contributed by atoms with E-state index in [4.69, 9.17) is 4.74 Å². The van der Waals surface area contributed by atoms with E-state index >= 15 is 0 Å².